The highest BCUT2D eigenvalue weighted by Crippen LogP contribution is 2.58. The van der Waals surface area contributed by atoms with E-state index in [4.69, 9.17) is 51.2 Å². The second-order valence-electron chi connectivity index (χ2n) is 10.3. The Balaban J connectivity index is 1.23. The molecule has 0 radical (unpaired) electrons. The van der Waals surface area contributed by atoms with Crippen LogP contribution in [-0.4, -0.2) is 53.3 Å². The van der Waals surface area contributed by atoms with E-state index in [9.17, 15) is 9.59 Å². The number of amides is 1. The van der Waals surface area contributed by atoms with Crippen LogP contribution in [0.15, 0.2) is 65.6 Å². The minimum Gasteiger partial charge on any atom is -0.423 e. The Morgan fingerprint density at radius 3 is 2.72 bits per heavy atom. The van der Waals surface area contributed by atoms with Gasteiger partial charge in [-0.3, -0.25) is 18.4 Å². The standard InChI is InChI=1S/C29H31ClN3O8PS/c1-2-18-10-12-19(13-11-18)27(34)31-23-14-15-33(29(35)32-23)28-26(39-24-9-5-6-16-36-24)25-22(38-28)17-37-42(43,41-25)40-21-8-4-3-7-20(21)30/h3-4,7-8,10-15,22,24-26,28H,2,5-6,9,16-17H2,1H3,(H,31,32,34,35)/t22-,24?,25?,26?,28-,42?/m1/s1. The molecular formula is C29H31ClN3O8PS. The summed E-state index contributed by atoms with van der Waals surface area (Å²) in [6.45, 7) is -0.657. The molecule has 3 fully saturated rings. The zero-order valence-corrected chi connectivity index (χ0v) is 25.8. The molecule has 4 heterocycles. The summed E-state index contributed by atoms with van der Waals surface area (Å²) in [7, 11) is 0. The molecule has 1 aromatic heterocycles. The number of carbonyl (C=O) groups excluding carboxylic acids is 1. The van der Waals surface area contributed by atoms with Gasteiger partial charge in [0.05, 0.1) is 11.6 Å². The highest BCUT2D eigenvalue weighted by Gasteiger charge is 2.54. The molecule has 0 spiro atoms. The summed E-state index contributed by atoms with van der Waals surface area (Å²) in [5.74, 6) is 0.0762. The van der Waals surface area contributed by atoms with Crippen LogP contribution in [0.1, 0.15) is 48.3 Å². The normalized spacial score (nSPS) is 28.7. The minimum absolute atomic E-state index is 0.0570. The molecule has 1 N–H and O–H groups in total. The van der Waals surface area contributed by atoms with Crippen LogP contribution in [0.25, 0.3) is 0 Å². The van der Waals surface area contributed by atoms with Crippen molar-refractivity contribution in [3.05, 3.63) is 87.4 Å². The number of nitrogens with one attached hydrogen (secondary N) is 1. The number of hydrogen-bond donors (Lipinski definition) is 1. The third-order valence-electron chi connectivity index (χ3n) is 7.40. The number of para-hydroxylation sites is 1. The molecule has 2 aromatic carbocycles. The number of hydrogen-bond acceptors (Lipinski definition) is 10. The average molecular weight is 648 g/mol. The number of halogens is 1. The van der Waals surface area contributed by atoms with Gasteiger partial charge in [-0.1, -0.05) is 42.8 Å². The van der Waals surface area contributed by atoms with Crippen molar-refractivity contribution in [2.75, 3.05) is 18.5 Å². The van der Waals surface area contributed by atoms with Gasteiger partial charge in [0.25, 0.3) is 5.91 Å². The van der Waals surface area contributed by atoms with Crippen molar-refractivity contribution in [3.63, 3.8) is 0 Å². The fraction of sp³-hybridized carbons (Fsp3) is 0.414. The Kier molecular flexibility index (Phi) is 9.27. The summed E-state index contributed by atoms with van der Waals surface area (Å²) in [6, 6.07) is 15.7. The van der Waals surface area contributed by atoms with E-state index < -0.39 is 43.2 Å². The first kappa shape index (κ1) is 30.4. The van der Waals surface area contributed by atoms with Crippen LogP contribution in [0.4, 0.5) is 5.82 Å². The van der Waals surface area contributed by atoms with Crippen molar-refractivity contribution in [3.8, 4) is 5.75 Å². The zero-order chi connectivity index (χ0) is 30.0. The monoisotopic (exact) mass is 647 g/mol. The first-order valence-corrected chi connectivity index (χ1v) is 17.0. The lowest BCUT2D eigenvalue weighted by atomic mass is 10.1. The van der Waals surface area contributed by atoms with Gasteiger partial charge in [-0.2, -0.15) is 4.98 Å². The van der Waals surface area contributed by atoms with Crippen LogP contribution < -0.4 is 15.5 Å². The Morgan fingerprint density at radius 2 is 2.00 bits per heavy atom. The van der Waals surface area contributed by atoms with Crippen molar-refractivity contribution in [2.24, 2.45) is 0 Å². The van der Waals surface area contributed by atoms with Crippen LogP contribution in [-0.2, 0) is 41.5 Å². The quantitative estimate of drug-likeness (QED) is 0.325. The molecular weight excluding hydrogens is 617 g/mol. The van der Waals surface area contributed by atoms with Crippen LogP contribution in [0, 0.1) is 0 Å². The summed E-state index contributed by atoms with van der Waals surface area (Å²) >= 11 is 12.0. The lowest BCUT2D eigenvalue weighted by Gasteiger charge is -2.36. The molecule has 6 rings (SSSR count). The minimum atomic E-state index is -3.31. The predicted molar refractivity (Wildman–Crippen MR) is 162 cm³/mol. The lowest BCUT2D eigenvalue weighted by molar-refractivity contribution is -0.214. The molecule has 14 heteroatoms. The maximum absolute atomic E-state index is 13.3. The third kappa shape index (κ3) is 6.87. The number of aryl methyl sites for hydroxylation is 1. The topological polar surface area (TPSA) is 119 Å². The second-order valence-corrected chi connectivity index (χ2v) is 13.6. The van der Waals surface area contributed by atoms with E-state index in [1.807, 2.05) is 19.1 Å². The van der Waals surface area contributed by atoms with Gasteiger partial charge >= 0.3 is 12.4 Å². The molecule has 3 aliphatic rings. The Labute approximate surface area is 258 Å². The van der Waals surface area contributed by atoms with E-state index >= 15 is 0 Å². The van der Waals surface area contributed by atoms with E-state index in [1.165, 1.54) is 16.8 Å². The number of aromatic nitrogens is 2. The van der Waals surface area contributed by atoms with Crippen LogP contribution in [0.3, 0.4) is 0 Å². The molecule has 0 bridgehead atoms. The fourth-order valence-corrected chi connectivity index (χ4v) is 7.51. The molecule has 6 atom stereocenters. The van der Waals surface area contributed by atoms with Crippen molar-refractivity contribution in [1.82, 2.24) is 9.55 Å². The Morgan fingerprint density at radius 1 is 1.19 bits per heavy atom. The van der Waals surface area contributed by atoms with Gasteiger partial charge in [-0.15, -0.1) is 0 Å². The van der Waals surface area contributed by atoms with Gasteiger partial charge in [0.15, 0.2) is 12.5 Å². The number of anilines is 1. The molecule has 0 aliphatic carbocycles. The maximum atomic E-state index is 13.3. The number of carbonyl (C=O) groups is 1. The van der Waals surface area contributed by atoms with Gasteiger partial charge in [0, 0.05) is 30.2 Å². The Bertz CT molecular complexity index is 1570. The summed E-state index contributed by atoms with van der Waals surface area (Å²) in [5, 5.41) is 3.05. The molecule has 0 saturated carbocycles. The largest absolute Gasteiger partial charge is 0.423 e. The molecule has 3 aliphatic heterocycles. The third-order valence-corrected chi connectivity index (χ3v) is 9.89. The van der Waals surface area contributed by atoms with E-state index in [2.05, 4.69) is 10.3 Å². The number of benzene rings is 2. The molecule has 11 nitrogen and oxygen atoms in total. The van der Waals surface area contributed by atoms with Crippen molar-refractivity contribution < 1.29 is 32.6 Å². The summed E-state index contributed by atoms with van der Waals surface area (Å²) < 4.78 is 37.9. The van der Waals surface area contributed by atoms with E-state index in [1.54, 1.807) is 36.4 Å². The van der Waals surface area contributed by atoms with Crippen molar-refractivity contribution in [1.29, 1.82) is 0 Å². The van der Waals surface area contributed by atoms with Gasteiger partial charge in [-0.05, 0) is 61.6 Å². The van der Waals surface area contributed by atoms with Gasteiger partial charge in [0.1, 0.15) is 29.9 Å². The van der Waals surface area contributed by atoms with Gasteiger partial charge < -0.3 is 24.1 Å². The van der Waals surface area contributed by atoms with Crippen LogP contribution in [0.2, 0.25) is 5.02 Å². The van der Waals surface area contributed by atoms with Crippen LogP contribution in [0.5, 0.6) is 5.75 Å². The first-order valence-electron chi connectivity index (χ1n) is 14.1. The van der Waals surface area contributed by atoms with E-state index in [-0.39, 0.29) is 18.3 Å². The lowest BCUT2D eigenvalue weighted by Crippen LogP contribution is -2.44. The number of fused-ring (bicyclic) bond motifs is 1. The summed E-state index contributed by atoms with van der Waals surface area (Å²) in [4.78, 5) is 30.1. The second kappa shape index (κ2) is 13.1. The SMILES string of the molecule is CCc1ccc(C(=O)Nc2ccn([C@@H]3O[C@@H]4COP(=S)(Oc5ccccc5Cl)OC4C3OC3CCCCO3)c(=O)n2)cc1. The van der Waals surface area contributed by atoms with Crippen molar-refractivity contribution in [2.45, 2.75) is 63.4 Å². The predicted octanol–water partition coefficient (Wildman–Crippen LogP) is 5.24. The van der Waals surface area contributed by atoms with Gasteiger partial charge in [0.2, 0.25) is 0 Å². The van der Waals surface area contributed by atoms with Crippen molar-refractivity contribution >= 4 is 41.9 Å². The number of rotatable bonds is 8. The van der Waals surface area contributed by atoms with Crippen LogP contribution >= 0.6 is 18.3 Å². The van der Waals surface area contributed by atoms with E-state index in [0.29, 0.717) is 29.4 Å². The molecule has 43 heavy (non-hydrogen) atoms. The number of ether oxygens (including phenoxy) is 3. The highest BCUT2D eigenvalue weighted by molar-refractivity contribution is 8.07. The summed E-state index contributed by atoms with van der Waals surface area (Å²) in [5.41, 5.74) is 0.929. The molecule has 4 unspecified atom stereocenters. The number of nitrogens with zero attached hydrogens (tertiary/aromatic N) is 2. The average Bonchev–Trinajstić information content (AvgIpc) is 3.35. The first-order chi connectivity index (χ1) is 20.8. The summed E-state index contributed by atoms with van der Waals surface area (Å²) in [6.07, 6.45) is 1.34. The zero-order valence-electron chi connectivity index (χ0n) is 23.3. The Hall–Kier alpha value is -2.67. The molecule has 228 valence electrons. The molecule has 3 saturated heterocycles. The molecule has 3 aromatic rings. The van der Waals surface area contributed by atoms with E-state index in [0.717, 1.165) is 24.8 Å². The highest BCUT2D eigenvalue weighted by atomic mass is 35.5. The molecule has 1 amide bonds. The van der Waals surface area contributed by atoms with Gasteiger partial charge in [-0.25, -0.2) is 4.79 Å². The fourth-order valence-electron chi connectivity index (χ4n) is 5.12. The maximum Gasteiger partial charge on any atom is 0.381 e. The smallest absolute Gasteiger partial charge is 0.381 e.